The van der Waals surface area contributed by atoms with Crippen molar-refractivity contribution < 1.29 is 14.4 Å². The number of rotatable bonds is 8. The molecule has 0 saturated carbocycles. The molecule has 3 aromatic rings. The van der Waals surface area contributed by atoms with Gasteiger partial charge in [-0.25, -0.2) is 9.13 Å². The summed E-state index contributed by atoms with van der Waals surface area (Å²) in [5, 5.41) is 11.6. The summed E-state index contributed by atoms with van der Waals surface area (Å²) in [4.78, 5) is 2.50. The van der Waals surface area contributed by atoms with Crippen molar-refractivity contribution in [3.05, 3.63) is 52.5 Å². The molecule has 2 heterocycles. The van der Waals surface area contributed by atoms with Crippen molar-refractivity contribution in [2.24, 2.45) is 0 Å². The van der Waals surface area contributed by atoms with E-state index in [1.807, 2.05) is 22.8 Å². The normalized spacial score (nSPS) is 16.0. The van der Waals surface area contributed by atoms with Crippen molar-refractivity contribution in [3.63, 3.8) is 0 Å². The van der Waals surface area contributed by atoms with Gasteiger partial charge in [-0.15, -0.1) is 0 Å². The van der Waals surface area contributed by atoms with E-state index in [-0.39, 0.29) is 6.61 Å². The average Bonchev–Trinajstić information content (AvgIpc) is 3.03. The van der Waals surface area contributed by atoms with Crippen molar-refractivity contribution in [3.8, 4) is 5.75 Å². The summed E-state index contributed by atoms with van der Waals surface area (Å²) in [6.45, 7) is 4.54. The van der Waals surface area contributed by atoms with E-state index in [9.17, 15) is 5.11 Å². The number of imidazole rings is 1. The summed E-state index contributed by atoms with van der Waals surface area (Å²) in [7, 11) is 0. The Balaban J connectivity index is 1.47. The van der Waals surface area contributed by atoms with Gasteiger partial charge in [0.2, 0.25) is 0 Å². The Morgan fingerprint density at radius 1 is 1.06 bits per heavy atom. The Hall–Kier alpha value is -1.99. The zero-order chi connectivity index (χ0) is 21.8. The van der Waals surface area contributed by atoms with Gasteiger partial charge in [0, 0.05) is 11.6 Å². The first-order chi connectivity index (χ1) is 15.0. The van der Waals surface area contributed by atoms with Gasteiger partial charge in [-0.1, -0.05) is 41.8 Å². The fourth-order valence-electron chi connectivity index (χ4n) is 4.21. The van der Waals surface area contributed by atoms with Gasteiger partial charge in [0.1, 0.15) is 36.0 Å². The molecule has 8 heteroatoms. The molecular formula is C23H29Cl2N4O2+. The maximum absolute atomic E-state index is 10.6. The van der Waals surface area contributed by atoms with Gasteiger partial charge >= 0.3 is 5.95 Å². The number of nitrogens with zero attached hydrogens (tertiary/aromatic N) is 3. The predicted octanol–water partition coefficient (Wildman–Crippen LogP) is 3.74. The molecule has 1 fully saturated rings. The molecule has 1 atom stereocenters. The van der Waals surface area contributed by atoms with Gasteiger partial charge in [-0.3, -0.25) is 5.73 Å². The van der Waals surface area contributed by atoms with E-state index in [0.717, 1.165) is 37.2 Å². The molecule has 31 heavy (non-hydrogen) atoms. The Bertz CT molecular complexity index is 1030. The van der Waals surface area contributed by atoms with Crippen LogP contribution in [0.15, 0.2) is 42.5 Å². The summed E-state index contributed by atoms with van der Waals surface area (Å²) in [5.41, 5.74) is 8.62. The SMILES string of the molecule is Nc1n(CCN2CCCCC2)c2ccccc2[n+]1C[C@H](O)COc1ccc(Cl)cc1Cl. The van der Waals surface area contributed by atoms with Crippen LogP contribution in [0, 0.1) is 0 Å². The molecule has 0 unspecified atom stereocenters. The number of nitrogen functional groups attached to an aromatic ring is 1. The minimum Gasteiger partial charge on any atom is -0.489 e. The van der Waals surface area contributed by atoms with Crippen molar-refractivity contribution >= 4 is 40.2 Å². The third kappa shape index (κ3) is 5.26. The van der Waals surface area contributed by atoms with E-state index in [2.05, 4.69) is 15.5 Å². The van der Waals surface area contributed by atoms with E-state index < -0.39 is 6.10 Å². The molecule has 1 saturated heterocycles. The molecule has 0 spiro atoms. The maximum atomic E-state index is 10.6. The van der Waals surface area contributed by atoms with Gasteiger partial charge in [0.25, 0.3) is 0 Å². The molecule has 0 amide bonds. The molecule has 1 aliphatic rings. The second kappa shape index (κ2) is 10.1. The van der Waals surface area contributed by atoms with Crippen molar-refractivity contribution in [2.75, 3.05) is 32.0 Å². The second-order valence-electron chi connectivity index (χ2n) is 8.05. The van der Waals surface area contributed by atoms with Gasteiger partial charge < -0.3 is 14.7 Å². The van der Waals surface area contributed by atoms with Crippen LogP contribution in [-0.4, -0.2) is 46.9 Å². The number of para-hydroxylation sites is 2. The summed E-state index contributed by atoms with van der Waals surface area (Å²) in [6, 6.07) is 13.1. The van der Waals surface area contributed by atoms with Crippen LogP contribution in [0.4, 0.5) is 5.95 Å². The Morgan fingerprint density at radius 3 is 2.61 bits per heavy atom. The summed E-state index contributed by atoms with van der Waals surface area (Å²) < 4.78 is 9.81. The Kier molecular flexibility index (Phi) is 7.23. The molecule has 4 rings (SSSR count). The molecule has 1 aliphatic heterocycles. The minimum atomic E-state index is -0.750. The highest BCUT2D eigenvalue weighted by Gasteiger charge is 2.24. The lowest BCUT2D eigenvalue weighted by molar-refractivity contribution is -0.665. The standard InChI is InChI=1S/C23H28Cl2N4O2/c24-17-8-9-22(19(25)14-17)31-16-18(30)15-29-21-7-3-2-6-20(21)28(23(29)26)13-12-27-10-4-1-5-11-27/h2-3,6-9,14,18,26,30H,1,4-5,10-13,15-16H2/p+1/t18-/m0/s1. The molecular weight excluding hydrogens is 435 g/mol. The highest BCUT2D eigenvalue weighted by Crippen LogP contribution is 2.27. The number of halogens is 2. The quantitative estimate of drug-likeness (QED) is 0.499. The van der Waals surface area contributed by atoms with Crippen LogP contribution in [0.3, 0.4) is 0 Å². The van der Waals surface area contributed by atoms with E-state index in [1.54, 1.807) is 18.2 Å². The van der Waals surface area contributed by atoms with E-state index in [0.29, 0.717) is 28.3 Å². The number of aromatic nitrogens is 2. The molecule has 1 aromatic heterocycles. The molecule has 6 nitrogen and oxygen atoms in total. The van der Waals surface area contributed by atoms with Crippen LogP contribution in [0.25, 0.3) is 11.0 Å². The number of benzene rings is 2. The van der Waals surface area contributed by atoms with Crippen LogP contribution < -0.4 is 15.0 Å². The summed E-state index contributed by atoms with van der Waals surface area (Å²) in [6.07, 6.45) is 3.12. The largest absolute Gasteiger partial charge is 0.489 e. The van der Waals surface area contributed by atoms with Crippen LogP contribution >= 0.6 is 23.2 Å². The van der Waals surface area contributed by atoms with Crippen molar-refractivity contribution in [2.45, 2.75) is 38.5 Å². The highest BCUT2D eigenvalue weighted by atomic mass is 35.5. The van der Waals surface area contributed by atoms with E-state index >= 15 is 0 Å². The lowest BCUT2D eigenvalue weighted by Gasteiger charge is -2.25. The number of ether oxygens (including phenoxy) is 1. The van der Waals surface area contributed by atoms with Gasteiger partial charge in [0.05, 0.1) is 11.6 Å². The maximum Gasteiger partial charge on any atom is 0.356 e. The van der Waals surface area contributed by atoms with Gasteiger partial charge in [-0.2, -0.15) is 0 Å². The first-order valence-corrected chi connectivity index (χ1v) is 11.5. The fourth-order valence-corrected chi connectivity index (χ4v) is 4.67. The number of aliphatic hydroxyl groups excluding tert-OH is 1. The predicted molar refractivity (Wildman–Crippen MR) is 125 cm³/mol. The number of piperidine rings is 1. The third-order valence-corrected chi connectivity index (χ3v) is 6.35. The first kappa shape index (κ1) is 22.2. The zero-order valence-corrected chi connectivity index (χ0v) is 19.0. The minimum absolute atomic E-state index is 0.0983. The fraction of sp³-hybridized carbons (Fsp3) is 0.435. The van der Waals surface area contributed by atoms with Crippen LogP contribution in [-0.2, 0) is 13.1 Å². The second-order valence-corrected chi connectivity index (χ2v) is 8.89. The smallest absolute Gasteiger partial charge is 0.356 e. The molecule has 166 valence electrons. The van der Waals surface area contributed by atoms with Crippen LogP contribution in [0.1, 0.15) is 19.3 Å². The molecule has 3 N–H and O–H groups in total. The van der Waals surface area contributed by atoms with E-state index in [4.69, 9.17) is 33.7 Å². The molecule has 2 aromatic carbocycles. The van der Waals surface area contributed by atoms with Crippen LogP contribution in [0.5, 0.6) is 5.75 Å². The Morgan fingerprint density at radius 2 is 1.84 bits per heavy atom. The summed E-state index contributed by atoms with van der Waals surface area (Å²) >= 11 is 12.1. The van der Waals surface area contributed by atoms with Crippen molar-refractivity contribution in [1.82, 2.24) is 9.47 Å². The summed E-state index contributed by atoms with van der Waals surface area (Å²) in [5.74, 6) is 1.13. The molecule has 0 aliphatic carbocycles. The number of aliphatic hydroxyl groups is 1. The van der Waals surface area contributed by atoms with Crippen molar-refractivity contribution in [1.29, 1.82) is 0 Å². The number of hydrogen-bond acceptors (Lipinski definition) is 4. The molecule has 0 bridgehead atoms. The topological polar surface area (TPSA) is 67.5 Å². The average molecular weight is 464 g/mol. The Labute approximate surface area is 192 Å². The lowest BCUT2D eigenvalue weighted by atomic mass is 10.1. The number of nitrogens with two attached hydrogens (primary N) is 1. The van der Waals surface area contributed by atoms with E-state index in [1.165, 1.54) is 19.3 Å². The van der Waals surface area contributed by atoms with Crippen LogP contribution in [0.2, 0.25) is 10.0 Å². The highest BCUT2D eigenvalue weighted by molar-refractivity contribution is 6.35. The van der Waals surface area contributed by atoms with Gasteiger partial charge in [-0.05, 0) is 56.3 Å². The zero-order valence-electron chi connectivity index (χ0n) is 17.5. The molecule has 0 radical (unpaired) electrons. The lowest BCUT2D eigenvalue weighted by Crippen LogP contribution is -2.44. The monoisotopic (exact) mass is 463 g/mol. The first-order valence-electron chi connectivity index (χ1n) is 10.8. The number of likely N-dealkylation sites (tertiary alicyclic amines) is 1. The third-order valence-electron chi connectivity index (χ3n) is 5.82. The van der Waals surface area contributed by atoms with Gasteiger partial charge in [0.15, 0.2) is 0 Å². The number of hydrogen-bond donors (Lipinski definition) is 2. The number of fused-ring (bicyclic) bond motifs is 1. The number of anilines is 1.